The van der Waals surface area contributed by atoms with Gasteiger partial charge in [0, 0.05) is 11.6 Å². The van der Waals surface area contributed by atoms with E-state index in [2.05, 4.69) is 11.6 Å². The number of benzene rings is 2. The van der Waals surface area contributed by atoms with Crippen molar-refractivity contribution in [2.75, 3.05) is 12.9 Å². The van der Waals surface area contributed by atoms with Gasteiger partial charge >= 0.3 is 0 Å². The summed E-state index contributed by atoms with van der Waals surface area (Å²) in [6.07, 6.45) is 1.62. The van der Waals surface area contributed by atoms with E-state index in [1.807, 2.05) is 0 Å². The van der Waals surface area contributed by atoms with Crippen LogP contribution < -0.4 is 10.3 Å². The second kappa shape index (κ2) is 8.41. The normalized spacial score (nSPS) is 10.7. The predicted octanol–water partition coefficient (Wildman–Crippen LogP) is 4.22. The number of carbonyl (C=O) groups excluding carboxylic acids is 1. The second-order valence-corrected chi connectivity index (χ2v) is 7.05. The van der Waals surface area contributed by atoms with Crippen LogP contribution in [-0.4, -0.2) is 28.2 Å². The van der Waals surface area contributed by atoms with E-state index in [9.17, 15) is 9.59 Å². The Labute approximate surface area is 165 Å². The molecule has 0 bridgehead atoms. The molecule has 0 amide bonds. The monoisotopic (exact) mass is 400 g/mol. The SMILES string of the molecule is C=CCn1c(SCC(=O)c2ccccc2OC)nc2ccc(Cl)cc2c1=O. The zero-order valence-corrected chi connectivity index (χ0v) is 16.2. The minimum atomic E-state index is -0.213. The van der Waals surface area contributed by atoms with Crippen molar-refractivity contribution in [2.24, 2.45) is 0 Å². The van der Waals surface area contributed by atoms with E-state index in [1.165, 1.54) is 23.4 Å². The molecule has 0 N–H and O–H groups in total. The van der Waals surface area contributed by atoms with Gasteiger partial charge in [-0.25, -0.2) is 4.98 Å². The number of hydrogen-bond acceptors (Lipinski definition) is 5. The highest BCUT2D eigenvalue weighted by molar-refractivity contribution is 7.99. The molecule has 2 aromatic carbocycles. The fourth-order valence-corrected chi connectivity index (χ4v) is 3.72. The Morgan fingerprint density at radius 3 is 2.85 bits per heavy atom. The molecule has 0 atom stereocenters. The number of thioether (sulfide) groups is 1. The lowest BCUT2D eigenvalue weighted by atomic mass is 10.1. The van der Waals surface area contributed by atoms with Crippen LogP contribution in [0.15, 0.2) is 65.1 Å². The molecule has 0 saturated heterocycles. The maximum Gasteiger partial charge on any atom is 0.262 e. The molecule has 7 heteroatoms. The number of methoxy groups -OCH3 is 1. The molecular weight excluding hydrogens is 384 g/mol. The molecule has 0 radical (unpaired) electrons. The van der Waals surface area contributed by atoms with Crippen LogP contribution in [0, 0.1) is 0 Å². The number of nitrogens with zero attached hydrogens (tertiary/aromatic N) is 2. The molecule has 1 aromatic heterocycles. The van der Waals surface area contributed by atoms with Crippen LogP contribution in [0.4, 0.5) is 0 Å². The Morgan fingerprint density at radius 1 is 1.33 bits per heavy atom. The summed E-state index contributed by atoms with van der Waals surface area (Å²) < 4.78 is 6.73. The number of allylic oxidation sites excluding steroid dienone is 1. The third-order valence-electron chi connectivity index (χ3n) is 3.93. The third-order valence-corrected chi connectivity index (χ3v) is 5.14. The quantitative estimate of drug-likeness (QED) is 0.257. The summed E-state index contributed by atoms with van der Waals surface area (Å²) in [7, 11) is 1.52. The lowest BCUT2D eigenvalue weighted by Gasteiger charge is -2.12. The third kappa shape index (κ3) is 4.07. The highest BCUT2D eigenvalue weighted by Gasteiger charge is 2.16. The molecule has 0 unspecified atom stereocenters. The number of hydrogen-bond donors (Lipinski definition) is 0. The molecule has 0 saturated carbocycles. The molecular formula is C20H17ClN2O3S. The Balaban J connectivity index is 1.95. The van der Waals surface area contributed by atoms with Gasteiger partial charge in [0.25, 0.3) is 5.56 Å². The van der Waals surface area contributed by atoms with Gasteiger partial charge in [-0.1, -0.05) is 41.6 Å². The maximum absolute atomic E-state index is 12.8. The number of fused-ring (bicyclic) bond motifs is 1. The Morgan fingerprint density at radius 2 is 2.11 bits per heavy atom. The zero-order valence-electron chi connectivity index (χ0n) is 14.6. The van der Waals surface area contributed by atoms with Crippen LogP contribution in [0.3, 0.4) is 0 Å². The fraction of sp³-hybridized carbons (Fsp3) is 0.150. The molecule has 0 aliphatic heterocycles. The summed E-state index contributed by atoms with van der Waals surface area (Å²) in [5, 5.41) is 1.36. The van der Waals surface area contributed by atoms with Crippen molar-refractivity contribution in [1.82, 2.24) is 9.55 Å². The van der Waals surface area contributed by atoms with Gasteiger partial charge in [0.15, 0.2) is 10.9 Å². The largest absolute Gasteiger partial charge is 0.496 e. The van der Waals surface area contributed by atoms with Crippen LogP contribution in [0.2, 0.25) is 5.02 Å². The van der Waals surface area contributed by atoms with Gasteiger partial charge in [0.05, 0.1) is 29.3 Å². The Hall–Kier alpha value is -2.57. The number of halogens is 1. The molecule has 0 fully saturated rings. The van der Waals surface area contributed by atoms with Crippen LogP contribution in [-0.2, 0) is 6.54 Å². The topological polar surface area (TPSA) is 61.2 Å². The van der Waals surface area contributed by atoms with Crippen molar-refractivity contribution in [2.45, 2.75) is 11.7 Å². The van der Waals surface area contributed by atoms with Gasteiger partial charge in [-0.05, 0) is 30.3 Å². The van der Waals surface area contributed by atoms with Crippen LogP contribution >= 0.6 is 23.4 Å². The summed E-state index contributed by atoms with van der Waals surface area (Å²) in [5.74, 6) is 0.545. The highest BCUT2D eigenvalue weighted by atomic mass is 35.5. The van der Waals surface area contributed by atoms with E-state index in [0.29, 0.717) is 38.9 Å². The molecule has 27 heavy (non-hydrogen) atoms. The van der Waals surface area contributed by atoms with E-state index < -0.39 is 0 Å². The van der Waals surface area contributed by atoms with Gasteiger partial charge in [-0.3, -0.25) is 14.2 Å². The lowest BCUT2D eigenvalue weighted by molar-refractivity contribution is 0.101. The minimum absolute atomic E-state index is 0.104. The Kier molecular flexibility index (Phi) is 5.98. The lowest BCUT2D eigenvalue weighted by Crippen LogP contribution is -2.23. The van der Waals surface area contributed by atoms with Crippen LogP contribution in [0.1, 0.15) is 10.4 Å². The second-order valence-electron chi connectivity index (χ2n) is 5.67. The number of ketones is 1. The maximum atomic E-state index is 12.8. The number of rotatable bonds is 7. The van der Waals surface area contributed by atoms with Gasteiger partial charge in [-0.2, -0.15) is 0 Å². The zero-order chi connectivity index (χ0) is 19.4. The molecule has 0 aliphatic rings. The number of aromatic nitrogens is 2. The van der Waals surface area contributed by atoms with Crippen molar-refractivity contribution in [3.05, 3.63) is 76.1 Å². The minimum Gasteiger partial charge on any atom is -0.496 e. The number of para-hydroxylation sites is 1. The Bertz CT molecular complexity index is 1080. The van der Waals surface area contributed by atoms with E-state index in [1.54, 1.807) is 48.5 Å². The van der Waals surface area contributed by atoms with Gasteiger partial charge in [0.2, 0.25) is 0 Å². The molecule has 1 heterocycles. The van der Waals surface area contributed by atoms with Crippen molar-refractivity contribution >= 4 is 40.0 Å². The molecule has 3 rings (SSSR count). The van der Waals surface area contributed by atoms with E-state index in [-0.39, 0.29) is 17.1 Å². The van der Waals surface area contributed by atoms with E-state index in [4.69, 9.17) is 16.3 Å². The predicted molar refractivity (Wildman–Crippen MR) is 109 cm³/mol. The molecule has 138 valence electrons. The first-order valence-electron chi connectivity index (χ1n) is 8.15. The van der Waals surface area contributed by atoms with E-state index in [0.717, 1.165) is 0 Å². The van der Waals surface area contributed by atoms with Crippen LogP contribution in [0.5, 0.6) is 5.75 Å². The number of carbonyl (C=O) groups is 1. The van der Waals surface area contributed by atoms with E-state index >= 15 is 0 Å². The first kappa shape index (κ1) is 19.2. The number of ether oxygens (including phenoxy) is 1. The van der Waals surface area contributed by atoms with Crippen molar-refractivity contribution in [3.63, 3.8) is 0 Å². The molecule has 5 nitrogen and oxygen atoms in total. The molecule has 0 aliphatic carbocycles. The van der Waals surface area contributed by atoms with Gasteiger partial charge in [0.1, 0.15) is 5.75 Å². The molecule has 3 aromatic rings. The summed E-state index contributed by atoms with van der Waals surface area (Å²) in [6.45, 7) is 3.99. The fourth-order valence-electron chi connectivity index (χ4n) is 2.66. The summed E-state index contributed by atoms with van der Waals surface area (Å²) in [4.78, 5) is 30.0. The average Bonchev–Trinajstić information content (AvgIpc) is 2.69. The first-order chi connectivity index (χ1) is 13.0. The van der Waals surface area contributed by atoms with Crippen molar-refractivity contribution < 1.29 is 9.53 Å². The van der Waals surface area contributed by atoms with Gasteiger partial charge < -0.3 is 4.74 Å². The molecule has 0 spiro atoms. The standard InChI is InChI=1S/C20H17ClN2O3S/c1-3-10-23-19(25)15-11-13(21)8-9-16(15)22-20(23)27-12-17(24)14-6-4-5-7-18(14)26-2/h3-9,11H,1,10,12H2,2H3. The van der Waals surface area contributed by atoms with Gasteiger partial charge in [-0.15, -0.1) is 6.58 Å². The summed E-state index contributed by atoms with van der Waals surface area (Å²) >= 11 is 7.21. The highest BCUT2D eigenvalue weighted by Crippen LogP contribution is 2.24. The first-order valence-corrected chi connectivity index (χ1v) is 9.51. The summed E-state index contributed by atoms with van der Waals surface area (Å²) in [5.41, 5.74) is 0.823. The summed E-state index contributed by atoms with van der Waals surface area (Å²) in [6, 6.07) is 12.0. The number of Topliss-reactive ketones (excluding diaryl/α,β-unsaturated/α-hetero) is 1. The van der Waals surface area contributed by atoms with Crippen LogP contribution in [0.25, 0.3) is 10.9 Å². The van der Waals surface area contributed by atoms with Crippen molar-refractivity contribution in [1.29, 1.82) is 0 Å². The smallest absolute Gasteiger partial charge is 0.262 e. The average molecular weight is 401 g/mol. The van der Waals surface area contributed by atoms with Crippen molar-refractivity contribution in [3.8, 4) is 5.75 Å².